The molecule has 0 saturated carbocycles. The van der Waals surface area contributed by atoms with Gasteiger partial charge in [0.1, 0.15) is 11.4 Å². The number of nitrogen functional groups attached to an aromatic ring is 1. The van der Waals surface area contributed by atoms with Crippen LogP contribution in [0.3, 0.4) is 0 Å². The number of hydrogen-bond donors (Lipinski definition) is 1. The number of anilines is 1. The Morgan fingerprint density at radius 3 is 2.84 bits per heavy atom. The molecular formula is C14H15N3O2. The minimum absolute atomic E-state index is 0.200. The van der Waals surface area contributed by atoms with E-state index in [1.165, 1.54) is 12.4 Å². The molecule has 2 aromatic rings. The van der Waals surface area contributed by atoms with E-state index in [1.54, 1.807) is 24.4 Å². The second-order valence-corrected chi connectivity index (χ2v) is 4.06. The summed E-state index contributed by atoms with van der Waals surface area (Å²) in [5, 5.41) is 0. The molecule has 0 fully saturated rings. The number of ether oxygens (including phenoxy) is 1. The Morgan fingerprint density at radius 2 is 2.16 bits per heavy atom. The highest BCUT2D eigenvalue weighted by Gasteiger charge is 2.11. The van der Waals surface area contributed by atoms with Gasteiger partial charge in [-0.05, 0) is 24.6 Å². The predicted octanol–water partition coefficient (Wildman–Crippen LogP) is 2.08. The fraction of sp³-hybridized carbons (Fsp3) is 0.214. The summed E-state index contributed by atoms with van der Waals surface area (Å²) in [6, 6.07) is 4.91. The summed E-state index contributed by atoms with van der Waals surface area (Å²) in [6.45, 7) is 2.61. The SMILES string of the molecule is CCCOc1cncc(C(=O)c2ccc(N)cn2)c1. The predicted molar refractivity (Wildman–Crippen MR) is 72.1 cm³/mol. The fourth-order valence-corrected chi connectivity index (χ4v) is 1.53. The van der Waals surface area contributed by atoms with Gasteiger partial charge in [0.05, 0.1) is 24.7 Å². The molecule has 2 N–H and O–H groups in total. The minimum atomic E-state index is -0.200. The van der Waals surface area contributed by atoms with Crippen molar-refractivity contribution < 1.29 is 9.53 Å². The summed E-state index contributed by atoms with van der Waals surface area (Å²) in [5.74, 6) is 0.387. The monoisotopic (exact) mass is 257 g/mol. The van der Waals surface area contributed by atoms with Gasteiger partial charge in [-0.1, -0.05) is 6.92 Å². The van der Waals surface area contributed by atoms with E-state index in [0.29, 0.717) is 29.3 Å². The van der Waals surface area contributed by atoms with Crippen LogP contribution in [0.15, 0.2) is 36.8 Å². The number of pyridine rings is 2. The molecule has 0 aliphatic carbocycles. The smallest absolute Gasteiger partial charge is 0.213 e. The molecular weight excluding hydrogens is 242 g/mol. The van der Waals surface area contributed by atoms with Gasteiger partial charge in [-0.2, -0.15) is 0 Å². The molecule has 0 amide bonds. The molecule has 2 aromatic heterocycles. The van der Waals surface area contributed by atoms with Crippen LogP contribution < -0.4 is 10.5 Å². The first-order valence-electron chi connectivity index (χ1n) is 6.04. The van der Waals surface area contributed by atoms with Crippen LogP contribution in [0.4, 0.5) is 5.69 Å². The summed E-state index contributed by atoms with van der Waals surface area (Å²) >= 11 is 0. The van der Waals surface area contributed by atoms with Crippen LogP contribution in [-0.4, -0.2) is 22.4 Å². The fourth-order valence-electron chi connectivity index (χ4n) is 1.53. The molecule has 0 aromatic carbocycles. The molecule has 19 heavy (non-hydrogen) atoms. The van der Waals surface area contributed by atoms with Crippen LogP contribution in [-0.2, 0) is 0 Å². The number of carbonyl (C=O) groups excluding carboxylic acids is 1. The third kappa shape index (κ3) is 3.28. The molecule has 5 heteroatoms. The number of aromatic nitrogens is 2. The van der Waals surface area contributed by atoms with E-state index in [1.807, 2.05) is 6.92 Å². The summed E-state index contributed by atoms with van der Waals surface area (Å²) in [5.41, 5.74) is 6.85. The van der Waals surface area contributed by atoms with E-state index in [-0.39, 0.29) is 5.78 Å². The Balaban J connectivity index is 2.21. The Hall–Kier alpha value is -2.43. The minimum Gasteiger partial charge on any atom is -0.492 e. The van der Waals surface area contributed by atoms with Gasteiger partial charge in [0.25, 0.3) is 0 Å². The van der Waals surface area contributed by atoms with Gasteiger partial charge < -0.3 is 10.5 Å². The quantitative estimate of drug-likeness (QED) is 0.830. The highest BCUT2D eigenvalue weighted by atomic mass is 16.5. The molecule has 2 heterocycles. The standard InChI is InChI=1S/C14H15N3O2/c1-2-5-19-12-6-10(7-16-9-12)14(18)13-4-3-11(15)8-17-13/h3-4,6-9H,2,5,15H2,1H3. The molecule has 0 aliphatic heterocycles. The first kappa shape index (κ1) is 13.0. The molecule has 0 spiro atoms. The van der Waals surface area contributed by atoms with Crippen LogP contribution in [0.2, 0.25) is 0 Å². The van der Waals surface area contributed by atoms with Gasteiger partial charge >= 0.3 is 0 Å². The average molecular weight is 257 g/mol. The van der Waals surface area contributed by atoms with Gasteiger partial charge in [-0.15, -0.1) is 0 Å². The van der Waals surface area contributed by atoms with Crippen LogP contribution in [0.5, 0.6) is 5.75 Å². The van der Waals surface area contributed by atoms with Crippen molar-refractivity contribution in [3.05, 3.63) is 48.0 Å². The number of carbonyl (C=O) groups is 1. The van der Waals surface area contributed by atoms with Crippen molar-refractivity contribution in [1.82, 2.24) is 9.97 Å². The first-order valence-corrected chi connectivity index (χ1v) is 6.04. The van der Waals surface area contributed by atoms with Crippen molar-refractivity contribution in [1.29, 1.82) is 0 Å². The average Bonchev–Trinajstić information content (AvgIpc) is 2.45. The lowest BCUT2D eigenvalue weighted by Gasteiger charge is -2.05. The molecule has 5 nitrogen and oxygen atoms in total. The molecule has 0 aliphatic rings. The summed E-state index contributed by atoms with van der Waals surface area (Å²) in [7, 11) is 0. The van der Waals surface area contributed by atoms with Crippen molar-refractivity contribution in [2.45, 2.75) is 13.3 Å². The normalized spacial score (nSPS) is 10.2. The van der Waals surface area contributed by atoms with E-state index in [4.69, 9.17) is 10.5 Å². The van der Waals surface area contributed by atoms with Gasteiger partial charge in [0.2, 0.25) is 5.78 Å². The van der Waals surface area contributed by atoms with Crippen molar-refractivity contribution >= 4 is 11.5 Å². The largest absolute Gasteiger partial charge is 0.492 e. The van der Waals surface area contributed by atoms with E-state index >= 15 is 0 Å². The van der Waals surface area contributed by atoms with E-state index in [0.717, 1.165) is 6.42 Å². The zero-order valence-corrected chi connectivity index (χ0v) is 10.7. The lowest BCUT2D eigenvalue weighted by Crippen LogP contribution is -2.05. The Kier molecular flexibility index (Phi) is 4.07. The summed E-state index contributed by atoms with van der Waals surface area (Å²) in [4.78, 5) is 20.2. The van der Waals surface area contributed by atoms with E-state index in [2.05, 4.69) is 9.97 Å². The maximum Gasteiger partial charge on any atom is 0.213 e. The Labute approximate surface area is 111 Å². The second kappa shape index (κ2) is 5.95. The lowest BCUT2D eigenvalue weighted by atomic mass is 10.1. The van der Waals surface area contributed by atoms with Crippen LogP contribution in [0.1, 0.15) is 29.4 Å². The lowest BCUT2D eigenvalue weighted by molar-refractivity contribution is 0.103. The van der Waals surface area contributed by atoms with Crippen LogP contribution >= 0.6 is 0 Å². The molecule has 2 rings (SSSR count). The number of nitrogens with zero attached hydrogens (tertiary/aromatic N) is 2. The number of hydrogen-bond acceptors (Lipinski definition) is 5. The van der Waals surface area contributed by atoms with Gasteiger partial charge in [0, 0.05) is 11.8 Å². The third-order valence-electron chi connectivity index (χ3n) is 2.47. The van der Waals surface area contributed by atoms with E-state index in [9.17, 15) is 4.79 Å². The zero-order valence-electron chi connectivity index (χ0n) is 10.7. The Morgan fingerprint density at radius 1 is 1.32 bits per heavy atom. The Bertz CT molecular complexity index is 567. The van der Waals surface area contributed by atoms with Crippen molar-refractivity contribution in [2.24, 2.45) is 0 Å². The van der Waals surface area contributed by atoms with E-state index < -0.39 is 0 Å². The molecule has 0 radical (unpaired) electrons. The summed E-state index contributed by atoms with van der Waals surface area (Å²) in [6.07, 6.45) is 5.44. The first-order chi connectivity index (χ1) is 9.20. The molecule has 0 saturated heterocycles. The molecule has 98 valence electrons. The molecule has 0 atom stereocenters. The zero-order chi connectivity index (χ0) is 13.7. The highest BCUT2D eigenvalue weighted by Crippen LogP contribution is 2.15. The van der Waals surface area contributed by atoms with Crippen molar-refractivity contribution in [3.8, 4) is 5.75 Å². The maximum absolute atomic E-state index is 12.2. The van der Waals surface area contributed by atoms with Crippen LogP contribution in [0, 0.1) is 0 Å². The maximum atomic E-state index is 12.2. The third-order valence-corrected chi connectivity index (χ3v) is 2.47. The van der Waals surface area contributed by atoms with Crippen molar-refractivity contribution in [3.63, 3.8) is 0 Å². The van der Waals surface area contributed by atoms with Crippen molar-refractivity contribution in [2.75, 3.05) is 12.3 Å². The number of ketones is 1. The molecule has 0 unspecified atom stereocenters. The van der Waals surface area contributed by atoms with Gasteiger partial charge in [-0.25, -0.2) is 0 Å². The molecule has 0 bridgehead atoms. The van der Waals surface area contributed by atoms with Gasteiger partial charge in [-0.3, -0.25) is 14.8 Å². The number of rotatable bonds is 5. The second-order valence-electron chi connectivity index (χ2n) is 4.06. The van der Waals surface area contributed by atoms with Gasteiger partial charge in [0.15, 0.2) is 0 Å². The number of nitrogens with two attached hydrogens (primary N) is 1. The summed E-state index contributed by atoms with van der Waals surface area (Å²) < 4.78 is 5.45. The van der Waals surface area contributed by atoms with Crippen LogP contribution in [0.25, 0.3) is 0 Å². The highest BCUT2D eigenvalue weighted by molar-refractivity contribution is 6.07. The topological polar surface area (TPSA) is 78.1 Å².